The number of benzene rings is 1. The third-order valence-electron chi connectivity index (χ3n) is 5.15. The third-order valence-corrected chi connectivity index (χ3v) is 6.34. The van der Waals surface area contributed by atoms with Gasteiger partial charge in [0, 0.05) is 4.88 Å². The minimum absolute atomic E-state index is 0.0172. The first-order valence-electron chi connectivity index (χ1n) is 9.45. The monoisotopic (exact) mass is 397 g/mol. The second-order valence-electron chi connectivity index (χ2n) is 7.55. The van der Waals surface area contributed by atoms with Gasteiger partial charge in [0.1, 0.15) is 10.7 Å². The van der Waals surface area contributed by atoms with E-state index in [-0.39, 0.29) is 11.1 Å². The minimum atomic E-state index is -0.954. The molecule has 0 atom stereocenters. The molecule has 0 bridgehead atoms. The van der Waals surface area contributed by atoms with Gasteiger partial charge in [-0.15, -0.1) is 11.3 Å². The zero-order valence-corrected chi connectivity index (χ0v) is 16.9. The summed E-state index contributed by atoms with van der Waals surface area (Å²) in [4.78, 5) is 33.6. The average molecular weight is 398 g/mol. The molecule has 0 aliphatic heterocycles. The molecular formula is C21H23N3O3S. The summed E-state index contributed by atoms with van der Waals surface area (Å²) in [7, 11) is 3.92. The molecule has 28 heavy (non-hydrogen) atoms. The van der Waals surface area contributed by atoms with Crippen LogP contribution in [0.1, 0.15) is 45.0 Å². The molecule has 4 rings (SSSR count). The summed E-state index contributed by atoms with van der Waals surface area (Å²) in [6.45, 7) is 0.955. The number of fused-ring (bicyclic) bond motifs is 3. The SMILES string of the molecule is CN(C)Cc1nc2sc3c(c2c(=O)n1Cc1ccc(C(=O)O)cc1)CCCC3. The lowest BCUT2D eigenvalue weighted by Gasteiger charge is -2.16. The highest BCUT2D eigenvalue weighted by molar-refractivity contribution is 7.18. The maximum absolute atomic E-state index is 13.5. The fourth-order valence-corrected chi connectivity index (χ4v) is 5.05. The Hall–Kier alpha value is -2.51. The van der Waals surface area contributed by atoms with E-state index in [0.29, 0.717) is 13.1 Å². The molecule has 2 heterocycles. The maximum Gasteiger partial charge on any atom is 0.335 e. The van der Waals surface area contributed by atoms with Gasteiger partial charge in [0.2, 0.25) is 0 Å². The molecule has 0 spiro atoms. The molecule has 0 saturated heterocycles. The summed E-state index contributed by atoms with van der Waals surface area (Å²) < 4.78 is 1.75. The number of carboxylic acid groups (broad SMARTS) is 1. The molecule has 0 radical (unpaired) electrons. The van der Waals surface area contributed by atoms with Crippen molar-refractivity contribution in [2.24, 2.45) is 0 Å². The lowest BCUT2D eigenvalue weighted by molar-refractivity contribution is 0.0697. The molecule has 2 aromatic heterocycles. The highest BCUT2D eigenvalue weighted by atomic mass is 32.1. The van der Waals surface area contributed by atoms with Crippen molar-refractivity contribution in [1.29, 1.82) is 0 Å². The van der Waals surface area contributed by atoms with E-state index >= 15 is 0 Å². The van der Waals surface area contributed by atoms with E-state index in [1.165, 1.54) is 16.9 Å². The summed E-state index contributed by atoms with van der Waals surface area (Å²) in [5.41, 5.74) is 2.33. The van der Waals surface area contributed by atoms with Crippen LogP contribution < -0.4 is 5.56 Å². The van der Waals surface area contributed by atoms with Gasteiger partial charge in [-0.3, -0.25) is 9.36 Å². The van der Waals surface area contributed by atoms with E-state index in [0.717, 1.165) is 40.9 Å². The van der Waals surface area contributed by atoms with Crippen molar-refractivity contribution in [3.05, 3.63) is 62.0 Å². The maximum atomic E-state index is 13.5. The van der Waals surface area contributed by atoms with E-state index in [1.54, 1.807) is 40.2 Å². The Morgan fingerprint density at radius 3 is 2.61 bits per heavy atom. The van der Waals surface area contributed by atoms with Crippen molar-refractivity contribution in [2.45, 2.75) is 38.8 Å². The van der Waals surface area contributed by atoms with Gasteiger partial charge in [-0.05, 0) is 63.0 Å². The highest BCUT2D eigenvalue weighted by Gasteiger charge is 2.22. The topological polar surface area (TPSA) is 75.4 Å². The van der Waals surface area contributed by atoms with Crippen molar-refractivity contribution >= 4 is 27.5 Å². The minimum Gasteiger partial charge on any atom is -0.478 e. The molecular weight excluding hydrogens is 374 g/mol. The second kappa shape index (κ2) is 7.48. The fourth-order valence-electron chi connectivity index (χ4n) is 3.78. The van der Waals surface area contributed by atoms with Gasteiger partial charge in [-0.25, -0.2) is 9.78 Å². The van der Waals surface area contributed by atoms with Crippen molar-refractivity contribution in [2.75, 3.05) is 14.1 Å². The molecule has 3 aromatic rings. The fraction of sp³-hybridized carbons (Fsp3) is 0.381. The largest absolute Gasteiger partial charge is 0.478 e. The molecule has 1 aromatic carbocycles. The Labute approximate surface area is 167 Å². The van der Waals surface area contributed by atoms with Crippen molar-refractivity contribution < 1.29 is 9.90 Å². The molecule has 1 N–H and O–H groups in total. The van der Waals surface area contributed by atoms with E-state index < -0.39 is 5.97 Å². The Bertz CT molecular complexity index is 1100. The quantitative estimate of drug-likeness (QED) is 0.716. The van der Waals surface area contributed by atoms with Crippen LogP contribution in [0.4, 0.5) is 0 Å². The van der Waals surface area contributed by atoms with Crippen LogP contribution in [0.5, 0.6) is 0 Å². The molecule has 0 saturated carbocycles. The van der Waals surface area contributed by atoms with Crippen LogP contribution in [0, 0.1) is 0 Å². The van der Waals surface area contributed by atoms with Crippen LogP contribution in [-0.4, -0.2) is 39.6 Å². The summed E-state index contributed by atoms with van der Waals surface area (Å²) in [6.07, 6.45) is 4.28. The molecule has 1 aliphatic carbocycles. The summed E-state index contributed by atoms with van der Waals surface area (Å²) >= 11 is 1.67. The zero-order valence-electron chi connectivity index (χ0n) is 16.1. The molecule has 7 heteroatoms. The Balaban J connectivity index is 1.83. The number of aromatic carboxylic acids is 1. The van der Waals surface area contributed by atoms with Gasteiger partial charge >= 0.3 is 5.97 Å². The van der Waals surface area contributed by atoms with Gasteiger partial charge in [0.25, 0.3) is 5.56 Å². The number of carbonyl (C=O) groups is 1. The zero-order chi connectivity index (χ0) is 19.8. The van der Waals surface area contributed by atoms with E-state index in [1.807, 2.05) is 19.0 Å². The number of hydrogen-bond donors (Lipinski definition) is 1. The number of rotatable bonds is 5. The second-order valence-corrected chi connectivity index (χ2v) is 8.63. The van der Waals surface area contributed by atoms with Gasteiger partial charge in [-0.2, -0.15) is 0 Å². The normalized spacial score (nSPS) is 13.8. The first-order valence-corrected chi connectivity index (χ1v) is 10.3. The van der Waals surface area contributed by atoms with Gasteiger partial charge in [0.05, 0.1) is 24.0 Å². The van der Waals surface area contributed by atoms with Crippen molar-refractivity contribution in [3.63, 3.8) is 0 Å². The number of hydrogen-bond acceptors (Lipinski definition) is 5. The van der Waals surface area contributed by atoms with Crippen LogP contribution in [-0.2, 0) is 25.9 Å². The Kier molecular flexibility index (Phi) is 5.03. The number of carboxylic acids is 1. The summed E-state index contributed by atoms with van der Waals surface area (Å²) in [5.74, 6) is -0.214. The predicted octanol–water partition coefficient (Wildman–Crippen LogP) is 3.14. The first-order chi connectivity index (χ1) is 13.4. The molecule has 0 amide bonds. The molecule has 1 aliphatic rings. The van der Waals surface area contributed by atoms with Gasteiger partial charge in [-0.1, -0.05) is 12.1 Å². The molecule has 0 fully saturated rings. The van der Waals surface area contributed by atoms with Crippen molar-refractivity contribution in [3.8, 4) is 0 Å². The van der Waals surface area contributed by atoms with Crippen LogP contribution in [0.2, 0.25) is 0 Å². The molecule has 0 unspecified atom stereocenters. The van der Waals surface area contributed by atoms with Crippen molar-refractivity contribution in [1.82, 2.24) is 14.5 Å². The number of thiophene rings is 1. The molecule has 146 valence electrons. The van der Waals surface area contributed by atoms with Crippen LogP contribution in [0.15, 0.2) is 29.1 Å². The summed E-state index contributed by atoms with van der Waals surface area (Å²) in [6, 6.07) is 6.69. The lowest BCUT2D eigenvalue weighted by atomic mass is 9.97. The number of aryl methyl sites for hydroxylation is 2. The smallest absolute Gasteiger partial charge is 0.335 e. The van der Waals surface area contributed by atoms with E-state index in [2.05, 4.69) is 0 Å². The first kappa shape index (κ1) is 18.8. The third kappa shape index (κ3) is 3.47. The highest BCUT2D eigenvalue weighted by Crippen LogP contribution is 2.33. The predicted molar refractivity (Wildman–Crippen MR) is 110 cm³/mol. The number of aromatic nitrogens is 2. The standard InChI is InChI=1S/C21H23N3O3S/c1-23(2)12-17-22-19-18(15-5-3-4-6-16(15)28-19)20(25)24(17)11-13-7-9-14(10-8-13)21(26)27/h7-10H,3-6,11-12H2,1-2H3,(H,26,27). The van der Waals surface area contributed by atoms with Crippen LogP contribution in [0.25, 0.3) is 10.2 Å². The van der Waals surface area contributed by atoms with Crippen LogP contribution >= 0.6 is 11.3 Å². The van der Waals surface area contributed by atoms with E-state index in [9.17, 15) is 9.59 Å². The summed E-state index contributed by atoms with van der Waals surface area (Å²) in [5, 5.41) is 9.87. The molecule has 6 nitrogen and oxygen atoms in total. The average Bonchev–Trinajstić information content (AvgIpc) is 3.03. The van der Waals surface area contributed by atoms with E-state index in [4.69, 9.17) is 10.1 Å². The lowest BCUT2D eigenvalue weighted by Crippen LogP contribution is -2.29. The number of nitrogens with zero attached hydrogens (tertiary/aromatic N) is 3. The Morgan fingerprint density at radius 1 is 1.21 bits per heavy atom. The van der Waals surface area contributed by atoms with Gasteiger partial charge < -0.3 is 10.0 Å². The van der Waals surface area contributed by atoms with Crippen LogP contribution in [0.3, 0.4) is 0 Å². The van der Waals surface area contributed by atoms with Gasteiger partial charge in [0.15, 0.2) is 0 Å². The Morgan fingerprint density at radius 2 is 1.93 bits per heavy atom.